The molecule has 0 bridgehead atoms. The summed E-state index contributed by atoms with van der Waals surface area (Å²) in [7, 11) is 0. The van der Waals surface area contributed by atoms with Crippen LogP contribution in [-0.4, -0.2) is 30.3 Å². The molecule has 2 aliphatic rings. The van der Waals surface area contributed by atoms with Gasteiger partial charge in [0, 0.05) is 44.0 Å². The van der Waals surface area contributed by atoms with Gasteiger partial charge in [0.15, 0.2) is 0 Å². The van der Waals surface area contributed by atoms with E-state index < -0.39 is 11.8 Å². The number of hydrogen-bond acceptors (Lipinski definition) is 5. The van der Waals surface area contributed by atoms with E-state index in [9.17, 15) is 9.18 Å². The van der Waals surface area contributed by atoms with Gasteiger partial charge >= 0.3 is 0 Å². The lowest BCUT2D eigenvalue weighted by Gasteiger charge is -2.42. The predicted octanol–water partition coefficient (Wildman–Crippen LogP) is 6.39. The summed E-state index contributed by atoms with van der Waals surface area (Å²) in [6.07, 6.45) is 3.11. The number of ketones is 1. The van der Waals surface area contributed by atoms with Crippen LogP contribution in [0, 0.1) is 11.8 Å². The second-order valence-corrected chi connectivity index (χ2v) is 9.68. The summed E-state index contributed by atoms with van der Waals surface area (Å²) >= 11 is 6.85. The SMILES string of the molecule is C=C1C[C@](C)(c2cccc(Nc3ccc(OC(C)F)nc3)c2Cl)CC(=O)C1C1CCOCC1. The minimum atomic E-state index is -1.43. The Bertz CT molecular complexity index is 1000. The monoisotopic (exact) mass is 472 g/mol. The number of nitrogens with one attached hydrogen (secondary N) is 1. The first-order valence-electron chi connectivity index (χ1n) is 11.4. The van der Waals surface area contributed by atoms with Crippen molar-refractivity contribution < 1.29 is 18.7 Å². The Hall–Kier alpha value is -2.44. The molecule has 33 heavy (non-hydrogen) atoms. The third-order valence-corrected chi connectivity index (χ3v) is 7.06. The molecule has 7 heteroatoms. The lowest BCUT2D eigenvalue weighted by Crippen LogP contribution is -2.41. The number of Topliss-reactive ketones (excluding diaryl/α,β-unsaturated/α-hetero) is 1. The van der Waals surface area contributed by atoms with Crippen molar-refractivity contribution in [2.45, 2.75) is 51.3 Å². The molecule has 2 heterocycles. The topological polar surface area (TPSA) is 60.5 Å². The molecular formula is C26H30ClFN2O3. The maximum absolute atomic E-state index is 13.3. The van der Waals surface area contributed by atoms with Gasteiger partial charge in [-0.2, -0.15) is 0 Å². The van der Waals surface area contributed by atoms with E-state index in [-0.39, 0.29) is 17.6 Å². The quantitative estimate of drug-likeness (QED) is 0.493. The molecule has 1 aromatic carbocycles. The van der Waals surface area contributed by atoms with E-state index in [0.29, 0.717) is 41.9 Å². The molecule has 2 aromatic rings. The van der Waals surface area contributed by atoms with Crippen molar-refractivity contribution in [1.29, 1.82) is 0 Å². The van der Waals surface area contributed by atoms with Gasteiger partial charge in [0.05, 0.1) is 22.6 Å². The zero-order chi connectivity index (χ0) is 23.6. The van der Waals surface area contributed by atoms with Gasteiger partial charge in [0.1, 0.15) is 5.78 Å². The van der Waals surface area contributed by atoms with E-state index in [2.05, 4.69) is 23.8 Å². The highest BCUT2D eigenvalue weighted by atomic mass is 35.5. The lowest BCUT2D eigenvalue weighted by atomic mass is 9.62. The Labute approximate surface area is 199 Å². The fourth-order valence-electron chi connectivity index (χ4n) is 5.17. The fourth-order valence-corrected chi connectivity index (χ4v) is 5.57. The second kappa shape index (κ2) is 9.82. The van der Waals surface area contributed by atoms with Crippen molar-refractivity contribution in [3.63, 3.8) is 0 Å². The van der Waals surface area contributed by atoms with Crippen LogP contribution in [0.3, 0.4) is 0 Å². The van der Waals surface area contributed by atoms with Crippen LogP contribution >= 0.6 is 11.6 Å². The summed E-state index contributed by atoms with van der Waals surface area (Å²) in [6.45, 7) is 9.15. The summed E-state index contributed by atoms with van der Waals surface area (Å²) in [6, 6.07) is 9.15. The number of hydrogen-bond donors (Lipinski definition) is 1. The van der Waals surface area contributed by atoms with Crippen molar-refractivity contribution >= 4 is 28.8 Å². The van der Waals surface area contributed by atoms with Crippen LogP contribution in [0.15, 0.2) is 48.7 Å². The van der Waals surface area contributed by atoms with Gasteiger partial charge in [0.2, 0.25) is 12.2 Å². The van der Waals surface area contributed by atoms with Crippen LogP contribution in [0.2, 0.25) is 5.02 Å². The first-order chi connectivity index (χ1) is 15.8. The molecule has 1 aliphatic heterocycles. The number of nitrogens with zero attached hydrogens (tertiary/aromatic N) is 1. The van der Waals surface area contributed by atoms with Gasteiger partial charge in [-0.15, -0.1) is 0 Å². The largest absolute Gasteiger partial charge is 0.444 e. The van der Waals surface area contributed by atoms with Crippen molar-refractivity contribution in [2.24, 2.45) is 11.8 Å². The molecule has 176 valence electrons. The van der Waals surface area contributed by atoms with Gasteiger partial charge in [-0.25, -0.2) is 9.37 Å². The molecule has 1 saturated heterocycles. The van der Waals surface area contributed by atoms with Crippen LogP contribution in [0.1, 0.15) is 45.1 Å². The Morgan fingerprint density at radius 2 is 2.03 bits per heavy atom. The summed E-state index contributed by atoms with van der Waals surface area (Å²) in [4.78, 5) is 17.4. The third-order valence-electron chi connectivity index (χ3n) is 6.65. The van der Waals surface area contributed by atoms with Crippen LogP contribution < -0.4 is 10.1 Å². The number of halogens is 2. The van der Waals surface area contributed by atoms with Crippen LogP contribution in [0.25, 0.3) is 0 Å². The molecule has 1 aromatic heterocycles. The summed E-state index contributed by atoms with van der Waals surface area (Å²) in [5.74, 6) is 0.700. The first-order valence-corrected chi connectivity index (χ1v) is 11.8. The van der Waals surface area contributed by atoms with E-state index >= 15 is 0 Å². The average Bonchev–Trinajstić information content (AvgIpc) is 2.76. The van der Waals surface area contributed by atoms with Crippen LogP contribution in [0.5, 0.6) is 5.88 Å². The minimum Gasteiger partial charge on any atom is -0.444 e. The highest BCUT2D eigenvalue weighted by Gasteiger charge is 2.44. The Morgan fingerprint density at radius 1 is 1.27 bits per heavy atom. The number of benzene rings is 1. The van der Waals surface area contributed by atoms with Gasteiger partial charge in [-0.3, -0.25) is 4.79 Å². The molecule has 1 N–H and O–H groups in total. The zero-order valence-electron chi connectivity index (χ0n) is 19.1. The smallest absolute Gasteiger partial charge is 0.237 e. The molecule has 4 rings (SSSR count). The van der Waals surface area contributed by atoms with Gasteiger partial charge in [-0.1, -0.05) is 42.8 Å². The van der Waals surface area contributed by atoms with Gasteiger partial charge in [-0.05, 0) is 42.9 Å². The maximum atomic E-state index is 13.3. The highest BCUT2D eigenvalue weighted by molar-refractivity contribution is 6.34. The normalized spacial score (nSPS) is 25.0. The number of alkyl halides is 1. The number of carbonyl (C=O) groups is 1. The first kappa shape index (κ1) is 23.7. The Kier molecular flexibility index (Phi) is 7.05. The molecule has 0 spiro atoms. The number of rotatable bonds is 6. The molecule has 5 nitrogen and oxygen atoms in total. The molecule has 2 unspecified atom stereocenters. The highest BCUT2D eigenvalue weighted by Crippen LogP contribution is 2.48. The average molecular weight is 473 g/mol. The van der Waals surface area contributed by atoms with Crippen LogP contribution in [0.4, 0.5) is 15.8 Å². The van der Waals surface area contributed by atoms with E-state index in [1.165, 1.54) is 6.92 Å². The van der Waals surface area contributed by atoms with Crippen molar-refractivity contribution in [3.05, 3.63) is 59.3 Å². The number of aromatic nitrogens is 1. The molecule has 3 atom stereocenters. The number of carbonyl (C=O) groups excluding carboxylic acids is 1. The molecule has 0 amide bonds. The van der Waals surface area contributed by atoms with Crippen molar-refractivity contribution in [3.8, 4) is 5.88 Å². The molecule has 0 radical (unpaired) electrons. The minimum absolute atomic E-state index is 0.0825. The summed E-state index contributed by atoms with van der Waals surface area (Å²) in [5.41, 5.74) is 2.92. The molecule has 1 aliphatic carbocycles. The van der Waals surface area contributed by atoms with Gasteiger partial charge < -0.3 is 14.8 Å². The Balaban J connectivity index is 1.53. The van der Waals surface area contributed by atoms with Crippen molar-refractivity contribution in [2.75, 3.05) is 18.5 Å². The maximum Gasteiger partial charge on any atom is 0.237 e. The van der Waals surface area contributed by atoms with Crippen molar-refractivity contribution in [1.82, 2.24) is 4.98 Å². The van der Waals surface area contributed by atoms with E-state index in [1.807, 2.05) is 18.2 Å². The summed E-state index contributed by atoms with van der Waals surface area (Å²) < 4.78 is 23.4. The number of anilines is 2. The number of allylic oxidation sites excluding steroid dienone is 1. The number of ether oxygens (including phenoxy) is 2. The van der Waals surface area contributed by atoms with Crippen LogP contribution in [-0.2, 0) is 14.9 Å². The van der Waals surface area contributed by atoms with Gasteiger partial charge in [0.25, 0.3) is 0 Å². The molecular weight excluding hydrogens is 443 g/mol. The van der Waals surface area contributed by atoms with E-state index in [1.54, 1.807) is 18.3 Å². The molecule has 2 fully saturated rings. The summed E-state index contributed by atoms with van der Waals surface area (Å²) in [5, 5.41) is 3.84. The zero-order valence-corrected chi connectivity index (χ0v) is 19.8. The van der Waals surface area contributed by atoms with E-state index in [0.717, 1.165) is 30.4 Å². The Morgan fingerprint density at radius 3 is 2.67 bits per heavy atom. The molecule has 1 saturated carbocycles. The standard InChI is InChI=1S/C26H30ClFN2O3/c1-16-13-26(3,14-22(31)24(16)18-9-11-32-12-10-18)20-5-4-6-21(25(20)27)30-19-7-8-23(29-15-19)33-17(2)28/h4-8,15,17-18,24,30H,1,9-14H2,2-3H3/t17?,24?,26-/m0/s1. The number of pyridine rings is 1. The van der Waals surface area contributed by atoms with E-state index in [4.69, 9.17) is 21.1 Å². The fraction of sp³-hybridized carbons (Fsp3) is 0.462. The second-order valence-electron chi connectivity index (χ2n) is 9.30. The predicted molar refractivity (Wildman–Crippen MR) is 128 cm³/mol. The third kappa shape index (κ3) is 5.22. The lowest BCUT2D eigenvalue weighted by molar-refractivity contribution is -0.127.